The van der Waals surface area contributed by atoms with Crippen LogP contribution in [0.3, 0.4) is 0 Å². The van der Waals surface area contributed by atoms with Crippen LogP contribution in [0.15, 0.2) is 23.1 Å². The van der Waals surface area contributed by atoms with Gasteiger partial charge < -0.3 is 9.47 Å². The number of rotatable bonds is 5. The van der Waals surface area contributed by atoms with Gasteiger partial charge in [-0.25, -0.2) is 13.2 Å². The second-order valence-corrected chi connectivity index (χ2v) is 5.76. The van der Waals surface area contributed by atoms with E-state index in [1.165, 1.54) is 25.3 Å². The molecule has 6 heteroatoms. The molecule has 0 aromatic heterocycles. The standard InChI is InChI=1S/C12H16O5S/c1-4-17-12(13)10-8-9(18(14,15)5-2)6-7-11(10)16-3/h6-8H,4-5H2,1-3H3. The SMILES string of the molecule is CCOC(=O)c1cc(S(=O)(=O)CC)ccc1OC. The molecule has 0 fully saturated rings. The Balaban J connectivity index is 3.30. The van der Waals surface area contributed by atoms with Crippen molar-refractivity contribution >= 4 is 15.8 Å². The first-order chi connectivity index (χ1) is 8.46. The van der Waals surface area contributed by atoms with Crippen LogP contribution in [0.4, 0.5) is 0 Å². The first kappa shape index (κ1) is 14.5. The summed E-state index contributed by atoms with van der Waals surface area (Å²) in [5, 5.41) is 0. The van der Waals surface area contributed by atoms with Gasteiger partial charge >= 0.3 is 5.97 Å². The minimum absolute atomic E-state index is 0.0262. The highest BCUT2D eigenvalue weighted by molar-refractivity contribution is 7.91. The van der Waals surface area contributed by atoms with Crippen molar-refractivity contribution in [2.24, 2.45) is 0 Å². The minimum Gasteiger partial charge on any atom is -0.496 e. The van der Waals surface area contributed by atoms with Gasteiger partial charge in [0.2, 0.25) is 0 Å². The molecular weight excluding hydrogens is 256 g/mol. The number of methoxy groups -OCH3 is 1. The third-order valence-corrected chi connectivity index (χ3v) is 4.14. The van der Waals surface area contributed by atoms with Gasteiger partial charge in [0, 0.05) is 0 Å². The summed E-state index contributed by atoms with van der Waals surface area (Å²) in [6, 6.07) is 4.16. The van der Waals surface area contributed by atoms with Crippen molar-refractivity contribution in [3.8, 4) is 5.75 Å². The van der Waals surface area contributed by atoms with Crippen molar-refractivity contribution in [2.45, 2.75) is 18.7 Å². The number of carbonyl (C=O) groups excluding carboxylic acids is 1. The van der Waals surface area contributed by atoms with Crippen LogP contribution in [0.25, 0.3) is 0 Å². The Morgan fingerprint density at radius 1 is 1.28 bits per heavy atom. The molecule has 0 saturated heterocycles. The fourth-order valence-corrected chi connectivity index (χ4v) is 2.32. The normalized spacial score (nSPS) is 11.1. The van der Waals surface area contributed by atoms with E-state index < -0.39 is 15.8 Å². The van der Waals surface area contributed by atoms with E-state index in [1.54, 1.807) is 13.8 Å². The molecule has 0 unspecified atom stereocenters. The lowest BCUT2D eigenvalue weighted by molar-refractivity contribution is 0.0522. The van der Waals surface area contributed by atoms with Gasteiger partial charge in [-0.2, -0.15) is 0 Å². The molecule has 5 nitrogen and oxygen atoms in total. The van der Waals surface area contributed by atoms with Crippen LogP contribution in [0.2, 0.25) is 0 Å². The number of hydrogen-bond donors (Lipinski definition) is 0. The van der Waals surface area contributed by atoms with Gasteiger partial charge in [-0.1, -0.05) is 6.92 Å². The van der Waals surface area contributed by atoms with Crippen molar-refractivity contribution < 1.29 is 22.7 Å². The van der Waals surface area contributed by atoms with Gasteiger partial charge in [-0.3, -0.25) is 0 Å². The van der Waals surface area contributed by atoms with Gasteiger partial charge in [0.05, 0.1) is 24.4 Å². The molecule has 0 heterocycles. The molecule has 0 aliphatic rings. The molecule has 1 aromatic rings. The highest BCUT2D eigenvalue weighted by atomic mass is 32.2. The van der Waals surface area contributed by atoms with E-state index in [4.69, 9.17) is 9.47 Å². The summed E-state index contributed by atoms with van der Waals surface area (Å²) in [6.45, 7) is 3.44. The van der Waals surface area contributed by atoms with E-state index in [0.717, 1.165) is 0 Å². The van der Waals surface area contributed by atoms with Crippen LogP contribution in [0, 0.1) is 0 Å². The summed E-state index contributed by atoms with van der Waals surface area (Å²) < 4.78 is 33.4. The van der Waals surface area contributed by atoms with Crippen LogP contribution in [-0.2, 0) is 14.6 Å². The van der Waals surface area contributed by atoms with Gasteiger partial charge in [-0.05, 0) is 25.1 Å². The number of sulfone groups is 1. The molecule has 1 rings (SSSR count). The fraction of sp³-hybridized carbons (Fsp3) is 0.417. The number of ether oxygens (including phenoxy) is 2. The molecule has 0 radical (unpaired) electrons. The first-order valence-corrected chi connectivity index (χ1v) is 7.19. The zero-order valence-electron chi connectivity index (χ0n) is 10.6. The van der Waals surface area contributed by atoms with E-state index in [0.29, 0.717) is 5.75 Å². The molecule has 0 saturated carbocycles. The lowest BCUT2D eigenvalue weighted by Crippen LogP contribution is -2.10. The molecule has 0 aliphatic carbocycles. The first-order valence-electron chi connectivity index (χ1n) is 5.54. The van der Waals surface area contributed by atoms with E-state index in [1.807, 2.05) is 0 Å². The number of esters is 1. The Morgan fingerprint density at radius 3 is 2.44 bits per heavy atom. The number of hydrogen-bond acceptors (Lipinski definition) is 5. The van der Waals surface area contributed by atoms with Crippen LogP contribution in [0.5, 0.6) is 5.75 Å². The molecule has 0 N–H and O–H groups in total. The Hall–Kier alpha value is -1.56. The number of benzene rings is 1. The average molecular weight is 272 g/mol. The quantitative estimate of drug-likeness (QED) is 0.762. The van der Waals surface area contributed by atoms with Gasteiger partial charge in [0.1, 0.15) is 11.3 Å². The van der Waals surface area contributed by atoms with Gasteiger partial charge in [0.25, 0.3) is 0 Å². The van der Waals surface area contributed by atoms with Crippen LogP contribution < -0.4 is 4.74 Å². The molecule has 0 spiro atoms. The molecule has 0 aliphatic heterocycles. The maximum Gasteiger partial charge on any atom is 0.341 e. The summed E-state index contributed by atoms with van der Waals surface area (Å²) in [7, 11) is -1.95. The molecule has 18 heavy (non-hydrogen) atoms. The maximum absolute atomic E-state index is 11.7. The predicted octanol–water partition coefficient (Wildman–Crippen LogP) is 1.67. The third kappa shape index (κ3) is 3.01. The minimum atomic E-state index is -3.36. The summed E-state index contributed by atoms with van der Waals surface area (Å²) in [5.74, 6) is -0.326. The number of carbonyl (C=O) groups is 1. The van der Waals surface area contributed by atoms with Crippen LogP contribution in [-0.4, -0.2) is 33.9 Å². The lowest BCUT2D eigenvalue weighted by Gasteiger charge is -2.09. The molecule has 1 aromatic carbocycles. The smallest absolute Gasteiger partial charge is 0.341 e. The molecule has 0 bridgehead atoms. The Morgan fingerprint density at radius 2 is 1.94 bits per heavy atom. The van der Waals surface area contributed by atoms with Gasteiger partial charge in [0.15, 0.2) is 9.84 Å². The zero-order valence-corrected chi connectivity index (χ0v) is 11.4. The Bertz CT molecular complexity index is 533. The van der Waals surface area contributed by atoms with Crippen molar-refractivity contribution in [3.63, 3.8) is 0 Å². The van der Waals surface area contributed by atoms with E-state index in [2.05, 4.69) is 0 Å². The van der Waals surface area contributed by atoms with Crippen LogP contribution >= 0.6 is 0 Å². The topological polar surface area (TPSA) is 69.7 Å². The lowest BCUT2D eigenvalue weighted by atomic mass is 10.2. The monoisotopic (exact) mass is 272 g/mol. The second-order valence-electron chi connectivity index (χ2n) is 3.49. The molecular formula is C12H16O5S. The summed E-state index contributed by atoms with van der Waals surface area (Å²) >= 11 is 0. The van der Waals surface area contributed by atoms with E-state index >= 15 is 0 Å². The summed E-state index contributed by atoms with van der Waals surface area (Å²) in [4.78, 5) is 11.8. The maximum atomic E-state index is 11.7. The van der Waals surface area contributed by atoms with Crippen molar-refractivity contribution in [1.29, 1.82) is 0 Å². The Labute approximate surface area is 107 Å². The Kier molecular flexibility index (Phi) is 4.72. The second kappa shape index (κ2) is 5.86. The molecule has 0 atom stereocenters. The largest absolute Gasteiger partial charge is 0.496 e. The average Bonchev–Trinajstić information content (AvgIpc) is 2.38. The summed E-state index contributed by atoms with van der Waals surface area (Å²) in [6.07, 6.45) is 0. The predicted molar refractivity (Wildman–Crippen MR) is 66.7 cm³/mol. The van der Waals surface area contributed by atoms with E-state index in [-0.39, 0.29) is 22.8 Å². The zero-order chi connectivity index (χ0) is 13.8. The van der Waals surface area contributed by atoms with Gasteiger partial charge in [-0.15, -0.1) is 0 Å². The van der Waals surface area contributed by atoms with Crippen LogP contribution in [0.1, 0.15) is 24.2 Å². The van der Waals surface area contributed by atoms with E-state index in [9.17, 15) is 13.2 Å². The van der Waals surface area contributed by atoms with Crippen molar-refractivity contribution in [2.75, 3.05) is 19.5 Å². The van der Waals surface area contributed by atoms with Crippen molar-refractivity contribution in [3.05, 3.63) is 23.8 Å². The summed E-state index contributed by atoms with van der Waals surface area (Å²) in [5.41, 5.74) is 0.119. The highest BCUT2D eigenvalue weighted by Crippen LogP contribution is 2.23. The fourth-order valence-electron chi connectivity index (χ4n) is 1.42. The molecule has 100 valence electrons. The highest BCUT2D eigenvalue weighted by Gasteiger charge is 2.19. The van der Waals surface area contributed by atoms with Crippen molar-refractivity contribution in [1.82, 2.24) is 0 Å². The third-order valence-electron chi connectivity index (χ3n) is 2.41. The molecule has 0 amide bonds.